The van der Waals surface area contributed by atoms with Crippen LogP contribution in [0.15, 0.2) is 31.0 Å². The van der Waals surface area contributed by atoms with Crippen molar-refractivity contribution in [3.05, 3.63) is 31.0 Å². The van der Waals surface area contributed by atoms with Crippen LogP contribution in [0.2, 0.25) is 0 Å². The lowest BCUT2D eigenvalue weighted by Gasteiger charge is -2.04. The Kier molecular flexibility index (Phi) is 1.91. The number of hydrogen-bond acceptors (Lipinski definition) is 4. The van der Waals surface area contributed by atoms with E-state index in [1.165, 1.54) is 6.33 Å². The van der Waals surface area contributed by atoms with Gasteiger partial charge in [0.1, 0.15) is 6.33 Å². The van der Waals surface area contributed by atoms with Crippen LogP contribution in [0.5, 0.6) is 5.75 Å². The van der Waals surface area contributed by atoms with Crippen LogP contribution in [0.3, 0.4) is 0 Å². The van der Waals surface area contributed by atoms with Crippen LogP contribution in [-0.2, 0) is 0 Å². The molecule has 0 aliphatic rings. The van der Waals surface area contributed by atoms with Gasteiger partial charge >= 0.3 is 0 Å². The molecule has 0 spiro atoms. The second kappa shape index (κ2) is 3.22. The van der Waals surface area contributed by atoms with Crippen LogP contribution in [0.1, 0.15) is 0 Å². The average Bonchev–Trinajstić information content (AvgIpc) is 2.70. The van der Waals surface area contributed by atoms with E-state index in [4.69, 9.17) is 4.74 Å². The van der Waals surface area contributed by atoms with Gasteiger partial charge in [-0.1, -0.05) is 0 Å². The van der Waals surface area contributed by atoms with Gasteiger partial charge in [0.15, 0.2) is 11.6 Å². The van der Waals surface area contributed by atoms with Crippen molar-refractivity contribution in [1.29, 1.82) is 0 Å². The van der Waals surface area contributed by atoms with Crippen molar-refractivity contribution in [2.45, 2.75) is 0 Å². The molecule has 2 aromatic heterocycles. The van der Waals surface area contributed by atoms with E-state index < -0.39 is 0 Å². The lowest BCUT2D eigenvalue weighted by Crippen LogP contribution is -2.01. The summed E-state index contributed by atoms with van der Waals surface area (Å²) in [6.07, 6.45) is 6.54. The zero-order chi connectivity index (χ0) is 9.10. The molecule has 5 nitrogen and oxygen atoms in total. The number of rotatable bonds is 2. The average molecular weight is 176 g/mol. The Morgan fingerprint density at radius 3 is 3.08 bits per heavy atom. The molecule has 0 N–H and O–H groups in total. The van der Waals surface area contributed by atoms with Gasteiger partial charge in [-0.3, -0.25) is 0 Å². The summed E-state index contributed by atoms with van der Waals surface area (Å²) in [4.78, 5) is 7.91. The van der Waals surface area contributed by atoms with Crippen molar-refractivity contribution in [3.63, 3.8) is 0 Å². The summed E-state index contributed by atoms with van der Waals surface area (Å²) >= 11 is 0. The van der Waals surface area contributed by atoms with Crippen molar-refractivity contribution in [1.82, 2.24) is 19.7 Å². The first kappa shape index (κ1) is 7.72. The van der Waals surface area contributed by atoms with Gasteiger partial charge in [0.2, 0.25) is 0 Å². The van der Waals surface area contributed by atoms with Gasteiger partial charge in [-0.05, 0) is 6.07 Å². The number of hydrogen-bond donors (Lipinski definition) is 0. The van der Waals surface area contributed by atoms with Crippen molar-refractivity contribution in [2.24, 2.45) is 0 Å². The Morgan fingerprint density at radius 2 is 2.38 bits per heavy atom. The summed E-state index contributed by atoms with van der Waals surface area (Å²) < 4.78 is 6.71. The molecule has 2 heterocycles. The summed E-state index contributed by atoms with van der Waals surface area (Å²) in [6, 6.07) is 1.82. The molecular weight excluding hydrogens is 168 g/mol. The summed E-state index contributed by atoms with van der Waals surface area (Å²) in [5, 5.41) is 4.04. The standard InChI is InChI=1S/C8H8N4O/c1-13-7-5-9-6-10-8(7)12-4-2-3-11-12/h2-6H,1H3. The minimum atomic E-state index is 0.603. The molecule has 2 rings (SSSR count). The number of ether oxygens (including phenoxy) is 1. The van der Waals surface area contributed by atoms with E-state index in [1.54, 1.807) is 30.4 Å². The molecule has 0 saturated heterocycles. The molecule has 5 heteroatoms. The maximum Gasteiger partial charge on any atom is 0.199 e. The fourth-order valence-corrected chi connectivity index (χ4v) is 1.02. The van der Waals surface area contributed by atoms with E-state index in [-0.39, 0.29) is 0 Å². The van der Waals surface area contributed by atoms with Crippen LogP contribution < -0.4 is 4.74 Å². The van der Waals surface area contributed by atoms with Gasteiger partial charge in [0.25, 0.3) is 0 Å². The largest absolute Gasteiger partial charge is 0.491 e. The van der Waals surface area contributed by atoms with Gasteiger partial charge in [0.05, 0.1) is 13.3 Å². The molecule has 0 aliphatic carbocycles. The third-order valence-electron chi connectivity index (χ3n) is 1.60. The predicted molar refractivity (Wildman–Crippen MR) is 45.7 cm³/mol. The lowest BCUT2D eigenvalue weighted by molar-refractivity contribution is 0.407. The molecular formula is C8H8N4O. The first-order valence-electron chi connectivity index (χ1n) is 3.76. The molecule has 0 aliphatic heterocycles. The Balaban J connectivity index is 2.51. The monoisotopic (exact) mass is 176 g/mol. The minimum Gasteiger partial charge on any atom is -0.491 e. The molecule has 0 aromatic carbocycles. The highest BCUT2D eigenvalue weighted by Crippen LogP contribution is 2.16. The summed E-state index contributed by atoms with van der Waals surface area (Å²) in [5.41, 5.74) is 0. The molecule has 0 saturated carbocycles. The van der Waals surface area contributed by atoms with Gasteiger partial charge < -0.3 is 4.74 Å². The normalized spacial score (nSPS) is 9.92. The summed E-state index contributed by atoms with van der Waals surface area (Å²) in [6.45, 7) is 0. The molecule has 13 heavy (non-hydrogen) atoms. The highest BCUT2D eigenvalue weighted by Gasteiger charge is 2.05. The highest BCUT2D eigenvalue weighted by atomic mass is 16.5. The van der Waals surface area contributed by atoms with Crippen LogP contribution >= 0.6 is 0 Å². The molecule has 2 aromatic rings. The molecule has 66 valence electrons. The minimum absolute atomic E-state index is 0.603. The molecule has 0 unspecified atom stereocenters. The predicted octanol–water partition coefficient (Wildman–Crippen LogP) is 0.671. The third kappa shape index (κ3) is 1.35. The van der Waals surface area contributed by atoms with Crippen LogP contribution in [0, 0.1) is 0 Å². The van der Waals surface area contributed by atoms with Crippen molar-refractivity contribution in [2.75, 3.05) is 7.11 Å². The van der Waals surface area contributed by atoms with Crippen LogP contribution in [0.25, 0.3) is 5.82 Å². The van der Waals surface area contributed by atoms with Crippen LogP contribution in [-0.4, -0.2) is 26.9 Å². The quantitative estimate of drug-likeness (QED) is 0.674. The first-order chi connectivity index (χ1) is 6.42. The third-order valence-corrected chi connectivity index (χ3v) is 1.60. The van der Waals surface area contributed by atoms with Gasteiger partial charge in [-0.25, -0.2) is 14.6 Å². The van der Waals surface area contributed by atoms with Gasteiger partial charge in [0, 0.05) is 12.4 Å². The maximum absolute atomic E-state index is 5.08. The first-order valence-corrected chi connectivity index (χ1v) is 3.76. The Bertz CT molecular complexity index is 385. The van der Waals surface area contributed by atoms with E-state index in [0.29, 0.717) is 11.6 Å². The molecule has 0 fully saturated rings. The van der Waals surface area contributed by atoms with Gasteiger partial charge in [-0.15, -0.1) is 0 Å². The van der Waals surface area contributed by atoms with E-state index >= 15 is 0 Å². The van der Waals surface area contributed by atoms with Crippen molar-refractivity contribution >= 4 is 0 Å². The second-order valence-electron chi connectivity index (χ2n) is 2.37. The Labute approximate surface area is 75.0 Å². The fourth-order valence-electron chi connectivity index (χ4n) is 1.02. The van der Waals surface area contributed by atoms with Crippen LogP contribution in [0.4, 0.5) is 0 Å². The Morgan fingerprint density at radius 1 is 1.46 bits per heavy atom. The summed E-state index contributed by atoms with van der Waals surface area (Å²) in [5.74, 6) is 1.24. The van der Waals surface area contributed by atoms with E-state index in [0.717, 1.165) is 0 Å². The molecule has 0 amide bonds. The molecule has 0 radical (unpaired) electrons. The van der Waals surface area contributed by atoms with Crippen molar-refractivity contribution < 1.29 is 4.74 Å². The van der Waals surface area contributed by atoms with Gasteiger partial charge in [-0.2, -0.15) is 5.10 Å². The fraction of sp³-hybridized carbons (Fsp3) is 0.125. The zero-order valence-electron chi connectivity index (χ0n) is 7.08. The Hall–Kier alpha value is -1.91. The van der Waals surface area contributed by atoms with E-state index in [9.17, 15) is 0 Å². The van der Waals surface area contributed by atoms with E-state index in [2.05, 4.69) is 15.1 Å². The topological polar surface area (TPSA) is 52.8 Å². The van der Waals surface area contributed by atoms with Crippen molar-refractivity contribution in [3.8, 4) is 11.6 Å². The summed E-state index contributed by atoms with van der Waals surface area (Å²) in [7, 11) is 1.58. The SMILES string of the molecule is COc1cncnc1-n1cccn1. The number of nitrogens with zero attached hydrogens (tertiary/aromatic N) is 4. The zero-order valence-corrected chi connectivity index (χ0v) is 7.08. The lowest BCUT2D eigenvalue weighted by atomic mass is 10.5. The highest BCUT2D eigenvalue weighted by molar-refractivity contribution is 5.36. The number of aromatic nitrogens is 4. The smallest absolute Gasteiger partial charge is 0.199 e. The second-order valence-corrected chi connectivity index (χ2v) is 2.37. The number of methoxy groups -OCH3 is 1. The maximum atomic E-state index is 5.08. The molecule has 0 atom stereocenters. The van der Waals surface area contributed by atoms with E-state index in [1.807, 2.05) is 6.07 Å². The molecule has 0 bridgehead atoms.